The van der Waals surface area contributed by atoms with Gasteiger partial charge in [0.15, 0.2) is 11.5 Å². The number of nitrogens with two attached hydrogens (primary N) is 1. The molecule has 16 heavy (non-hydrogen) atoms. The summed E-state index contributed by atoms with van der Waals surface area (Å²) in [6.07, 6.45) is 5.65. The third-order valence-electron chi connectivity index (χ3n) is 2.26. The molecule has 0 aliphatic carbocycles. The van der Waals surface area contributed by atoms with Crippen LogP contribution in [0.5, 0.6) is 0 Å². The highest BCUT2D eigenvalue weighted by molar-refractivity contribution is 7.90. The van der Waals surface area contributed by atoms with Gasteiger partial charge in [-0.2, -0.15) is 0 Å². The number of nitrogen functional groups attached to an aromatic ring is 1. The van der Waals surface area contributed by atoms with Crippen molar-refractivity contribution in [3.63, 3.8) is 0 Å². The fourth-order valence-electron chi connectivity index (χ4n) is 1.50. The van der Waals surface area contributed by atoms with Crippen LogP contribution in [0.4, 0.5) is 5.82 Å². The summed E-state index contributed by atoms with van der Waals surface area (Å²) < 4.78 is 12.8. The van der Waals surface area contributed by atoms with Crippen LogP contribution in [0.15, 0.2) is 12.7 Å². The number of fused-ring (bicyclic) bond motifs is 1. The Morgan fingerprint density at radius 3 is 3.00 bits per heavy atom. The zero-order valence-corrected chi connectivity index (χ0v) is 9.78. The van der Waals surface area contributed by atoms with Gasteiger partial charge >= 0.3 is 0 Å². The van der Waals surface area contributed by atoms with Crippen LogP contribution in [-0.4, -0.2) is 36.1 Å². The molecule has 0 saturated carbocycles. The lowest BCUT2D eigenvalue weighted by Crippen LogP contribution is -2.07. The van der Waals surface area contributed by atoms with E-state index in [1.54, 1.807) is 12.6 Å². The van der Waals surface area contributed by atoms with E-state index in [2.05, 4.69) is 15.0 Å². The molecule has 1 atom stereocenters. The van der Waals surface area contributed by atoms with E-state index in [1.807, 2.05) is 4.57 Å². The fraction of sp³-hybridized carbons (Fsp3) is 0.444. The number of aromatic nitrogens is 4. The zero-order valence-electron chi connectivity index (χ0n) is 8.96. The summed E-state index contributed by atoms with van der Waals surface area (Å²) in [6.45, 7) is 0.743. The van der Waals surface area contributed by atoms with E-state index in [4.69, 9.17) is 5.73 Å². The summed E-state index contributed by atoms with van der Waals surface area (Å²) in [5.74, 6) is 1.07. The minimum absolute atomic E-state index is 0.391. The summed E-state index contributed by atoms with van der Waals surface area (Å²) in [5, 5.41) is 0. The molecule has 0 aliphatic heterocycles. The molecule has 86 valence electrons. The molecule has 0 amide bonds. The summed E-state index contributed by atoms with van der Waals surface area (Å²) in [7, 11) is 0. The minimum atomic E-state index is -0.756. The van der Waals surface area contributed by atoms with E-state index in [-0.39, 0.29) is 0 Å². The van der Waals surface area contributed by atoms with Crippen molar-refractivity contribution in [2.45, 2.75) is 13.0 Å². The smallest absolute Gasteiger partial charge is 0.165 e. The Morgan fingerprint density at radius 1 is 1.44 bits per heavy atom. The first kappa shape index (κ1) is 11.2. The molecular weight excluding hydrogens is 226 g/mol. The number of hydrogen-bond donors (Lipinski definition) is 1. The largest absolute Gasteiger partial charge is 0.617 e. The van der Waals surface area contributed by atoms with E-state index < -0.39 is 11.2 Å². The van der Waals surface area contributed by atoms with E-state index in [0.29, 0.717) is 17.1 Å². The normalized spacial score (nSPS) is 13.1. The molecule has 0 bridgehead atoms. The van der Waals surface area contributed by atoms with Crippen LogP contribution in [-0.2, 0) is 17.7 Å². The van der Waals surface area contributed by atoms with Crippen LogP contribution >= 0.6 is 0 Å². The molecule has 0 spiro atoms. The molecule has 2 N–H and O–H groups in total. The third-order valence-corrected chi connectivity index (χ3v) is 3.12. The van der Waals surface area contributed by atoms with Crippen molar-refractivity contribution in [1.82, 2.24) is 19.5 Å². The van der Waals surface area contributed by atoms with Crippen LogP contribution in [0.3, 0.4) is 0 Å². The average Bonchev–Trinajstić information content (AvgIpc) is 2.63. The molecule has 2 aromatic rings. The van der Waals surface area contributed by atoms with Crippen LogP contribution in [0.1, 0.15) is 6.42 Å². The lowest BCUT2D eigenvalue weighted by molar-refractivity contribution is 0.592. The molecule has 1 unspecified atom stereocenters. The Labute approximate surface area is 96.1 Å². The molecule has 2 rings (SSSR count). The van der Waals surface area contributed by atoms with Gasteiger partial charge in [0.1, 0.15) is 17.6 Å². The van der Waals surface area contributed by atoms with Crippen molar-refractivity contribution in [2.75, 3.05) is 17.7 Å². The lowest BCUT2D eigenvalue weighted by atomic mass is 10.4. The van der Waals surface area contributed by atoms with Gasteiger partial charge in [0.2, 0.25) is 0 Å². The van der Waals surface area contributed by atoms with Gasteiger partial charge in [-0.25, -0.2) is 15.0 Å². The van der Waals surface area contributed by atoms with Crippen molar-refractivity contribution in [3.8, 4) is 0 Å². The monoisotopic (exact) mass is 239 g/mol. The molecule has 0 aromatic carbocycles. The number of rotatable bonds is 4. The van der Waals surface area contributed by atoms with Crippen molar-refractivity contribution in [2.24, 2.45) is 0 Å². The Bertz CT molecular complexity index is 484. The maximum atomic E-state index is 10.9. The van der Waals surface area contributed by atoms with Crippen LogP contribution in [0.2, 0.25) is 0 Å². The van der Waals surface area contributed by atoms with Crippen LogP contribution < -0.4 is 5.73 Å². The Balaban J connectivity index is 2.16. The Morgan fingerprint density at radius 2 is 2.25 bits per heavy atom. The molecule has 2 aromatic heterocycles. The molecule has 0 aliphatic rings. The second-order valence-electron chi connectivity index (χ2n) is 3.50. The number of imidazole rings is 1. The van der Waals surface area contributed by atoms with Crippen molar-refractivity contribution < 1.29 is 4.55 Å². The van der Waals surface area contributed by atoms with Crippen molar-refractivity contribution >= 4 is 28.2 Å². The number of nitrogens with zero attached hydrogens (tertiary/aromatic N) is 4. The quantitative estimate of drug-likeness (QED) is 0.768. The standard InChI is InChI=1S/C9H13N5OS/c1-16(15)4-2-3-14-6-13-7-8(10)11-5-12-9(7)14/h5-6H,2-4H2,1H3,(H2,10,11,12). The highest BCUT2D eigenvalue weighted by Crippen LogP contribution is 2.14. The topological polar surface area (TPSA) is 92.7 Å². The molecule has 0 fully saturated rings. The molecule has 6 nitrogen and oxygen atoms in total. The van der Waals surface area contributed by atoms with Crippen molar-refractivity contribution in [3.05, 3.63) is 12.7 Å². The predicted octanol–water partition coefficient (Wildman–Crippen LogP) is 0.177. The first-order valence-electron chi connectivity index (χ1n) is 4.90. The first-order chi connectivity index (χ1) is 7.68. The predicted molar refractivity (Wildman–Crippen MR) is 63.3 cm³/mol. The molecule has 7 heteroatoms. The van der Waals surface area contributed by atoms with Crippen molar-refractivity contribution in [1.29, 1.82) is 0 Å². The van der Waals surface area contributed by atoms with Gasteiger partial charge in [0.25, 0.3) is 0 Å². The van der Waals surface area contributed by atoms with E-state index in [1.165, 1.54) is 6.33 Å². The molecular formula is C9H13N5OS. The highest BCUT2D eigenvalue weighted by atomic mass is 32.2. The molecule has 2 heterocycles. The maximum Gasteiger partial charge on any atom is 0.165 e. The summed E-state index contributed by atoms with van der Waals surface area (Å²) >= 11 is -0.756. The highest BCUT2D eigenvalue weighted by Gasteiger charge is 2.07. The van der Waals surface area contributed by atoms with Crippen LogP contribution in [0.25, 0.3) is 11.2 Å². The summed E-state index contributed by atoms with van der Waals surface area (Å²) in [6, 6.07) is 0. The van der Waals surface area contributed by atoms with Gasteiger partial charge in [-0.15, -0.1) is 0 Å². The zero-order chi connectivity index (χ0) is 11.5. The maximum absolute atomic E-state index is 10.9. The fourth-order valence-corrected chi connectivity index (χ4v) is 2.04. The number of hydrogen-bond acceptors (Lipinski definition) is 5. The van der Waals surface area contributed by atoms with Gasteiger partial charge in [0, 0.05) is 13.0 Å². The average molecular weight is 239 g/mol. The molecule has 0 saturated heterocycles. The summed E-state index contributed by atoms with van der Waals surface area (Å²) in [4.78, 5) is 12.2. The second-order valence-corrected chi connectivity index (χ2v) is 5.05. The Hall–Kier alpha value is -1.34. The number of anilines is 1. The number of aryl methyl sites for hydroxylation is 1. The lowest BCUT2D eigenvalue weighted by Gasteiger charge is -2.05. The SMILES string of the molecule is C[S+]([O-])CCCn1cnc2c(N)ncnc21. The Kier molecular flexibility index (Phi) is 3.25. The van der Waals surface area contributed by atoms with Gasteiger partial charge < -0.3 is 14.9 Å². The van der Waals surface area contributed by atoms with E-state index >= 15 is 0 Å². The van der Waals surface area contributed by atoms with E-state index in [0.717, 1.165) is 18.6 Å². The van der Waals surface area contributed by atoms with Crippen LogP contribution in [0, 0.1) is 0 Å². The van der Waals surface area contributed by atoms with Gasteiger partial charge in [-0.3, -0.25) is 0 Å². The second kappa shape index (κ2) is 4.67. The molecule has 0 radical (unpaired) electrons. The van der Waals surface area contributed by atoms with E-state index in [9.17, 15) is 4.55 Å². The first-order valence-corrected chi connectivity index (χ1v) is 6.62. The third kappa shape index (κ3) is 2.25. The van der Waals surface area contributed by atoms with Gasteiger partial charge in [0.05, 0.1) is 12.6 Å². The summed E-state index contributed by atoms with van der Waals surface area (Å²) in [5.41, 5.74) is 7.03. The minimum Gasteiger partial charge on any atom is -0.617 e. The van der Waals surface area contributed by atoms with Gasteiger partial charge in [-0.05, 0) is 0 Å². The van der Waals surface area contributed by atoms with Gasteiger partial charge in [-0.1, -0.05) is 11.2 Å².